The largest absolute Gasteiger partial charge is 0.460 e. The summed E-state index contributed by atoms with van der Waals surface area (Å²) in [5.41, 5.74) is 4.43. The molecule has 1 N–H and O–H groups in total. The van der Waals surface area contributed by atoms with Gasteiger partial charge in [-0.3, -0.25) is 19.6 Å². The summed E-state index contributed by atoms with van der Waals surface area (Å²) in [6.45, 7) is 5.19. The van der Waals surface area contributed by atoms with E-state index in [0.29, 0.717) is 12.0 Å². The van der Waals surface area contributed by atoms with Gasteiger partial charge < -0.3 is 15.0 Å². The first-order valence-electron chi connectivity index (χ1n) is 11.2. The molecule has 8 heteroatoms. The maximum Gasteiger partial charge on any atom is 0.293 e. The molecular weight excluding hydrogens is 435 g/mol. The van der Waals surface area contributed by atoms with E-state index in [1.165, 1.54) is 24.3 Å². The number of carbonyl (C=O) groups excluding carboxylic acids is 2. The van der Waals surface area contributed by atoms with E-state index >= 15 is 0 Å². The van der Waals surface area contributed by atoms with Crippen LogP contribution >= 0.6 is 0 Å². The van der Waals surface area contributed by atoms with E-state index in [0.717, 1.165) is 42.0 Å². The number of nitrogens with one attached hydrogen (secondary N) is 1. The van der Waals surface area contributed by atoms with E-state index in [4.69, 9.17) is 9.72 Å². The lowest BCUT2D eigenvalue weighted by molar-refractivity contribution is -0.133. The van der Waals surface area contributed by atoms with Crippen LogP contribution in [-0.2, 0) is 16.0 Å². The van der Waals surface area contributed by atoms with Gasteiger partial charge in [-0.05, 0) is 69.2 Å². The Labute approximate surface area is 199 Å². The minimum atomic E-state index is -0.352. The number of rotatable bonds is 6. The number of fused-ring (bicyclic) bond motifs is 1. The van der Waals surface area contributed by atoms with Crippen LogP contribution in [0.25, 0.3) is 0 Å². The Kier molecular flexibility index (Phi) is 8.67. The summed E-state index contributed by atoms with van der Waals surface area (Å²) < 4.78 is 17.6. The predicted molar refractivity (Wildman–Crippen MR) is 128 cm³/mol. The highest BCUT2D eigenvalue weighted by Gasteiger charge is 2.18. The van der Waals surface area contributed by atoms with Crippen LogP contribution < -0.4 is 10.2 Å². The number of nitrogens with zero attached hydrogens (tertiary/aromatic N) is 3. The molecule has 2 aromatic heterocycles. The summed E-state index contributed by atoms with van der Waals surface area (Å²) in [4.78, 5) is 33.0. The molecule has 0 saturated heterocycles. The maximum absolute atomic E-state index is 12.9. The summed E-state index contributed by atoms with van der Waals surface area (Å²) >= 11 is 0. The van der Waals surface area contributed by atoms with Crippen LogP contribution in [0.5, 0.6) is 0 Å². The first-order valence-corrected chi connectivity index (χ1v) is 11.2. The standard InChI is InChI=1S/C18H20FN3O.C8H9NO2/c1-12(20-18(23)13-5-7-14(19)8-6-13)15-9-10-17-16(21-15)4-3-11-22(17)2;1-7(11-6-10)8-3-2-4-9-5-8/h5-10,12H,3-4,11H2,1-2H3,(H,20,23);2-7H,1H3. The Morgan fingerprint density at radius 3 is 2.62 bits per heavy atom. The van der Waals surface area contributed by atoms with Crippen molar-refractivity contribution >= 4 is 18.1 Å². The SMILES string of the molecule is CC(NC(=O)c1ccc(F)cc1)c1ccc2c(n1)CCCN2C.CC(OC=O)c1cccnc1. The van der Waals surface area contributed by atoms with Gasteiger partial charge in [-0.2, -0.15) is 0 Å². The molecular formula is C26H29FN4O3. The average molecular weight is 465 g/mol. The van der Waals surface area contributed by atoms with Crippen molar-refractivity contribution in [2.45, 2.75) is 38.8 Å². The summed E-state index contributed by atoms with van der Waals surface area (Å²) in [5, 5.41) is 2.91. The Bertz CT molecular complexity index is 1090. The highest BCUT2D eigenvalue weighted by atomic mass is 19.1. The monoisotopic (exact) mass is 464 g/mol. The van der Waals surface area contributed by atoms with Crippen molar-refractivity contribution in [3.63, 3.8) is 0 Å². The van der Waals surface area contributed by atoms with Crippen LogP contribution in [0.4, 0.5) is 10.1 Å². The zero-order chi connectivity index (χ0) is 24.5. The number of hydrogen-bond acceptors (Lipinski definition) is 6. The fourth-order valence-electron chi connectivity index (χ4n) is 3.62. The number of halogens is 1. The Balaban J connectivity index is 0.000000248. The summed E-state index contributed by atoms with van der Waals surface area (Å²) in [7, 11) is 2.07. The van der Waals surface area contributed by atoms with Crippen LogP contribution in [0.15, 0.2) is 60.9 Å². The van der Waals surface area contributed by atoms with Gasteiger partial charge in [0.2, 0.25) is 0 Å². The Morgan fingerprint density at radius 1 is 1.18 bits per heavy atom. The normalized spacial score (nSPS) is 14.1. The molecule has 3 aromatic rings. The molecule has 2 atom stereocenters. The van der Waals surface area contributed by atoms with E-state index in [-0.39, 0.29) is 23.9 Å². The minimum Gasteiger partial charge on any atom is -0.460 e. The van der Waals surface area contributed by atoms with Crippen LogP contribution in [-0.4, -0.2) is 35.9 Å². The molecule has 1 aliphatic heterocycles. The molecule has 3 heterocycles. The van der Waals surface area contributed by atoms with Crippen molar-refractivity contribution in [1.29, 1.82) is 0 Å². The smallest absolute Gasteiger partial charge is 0.293 e. The fraction of sp³-hybridized carbons (Fsp3) is 0.308. The Morgan fingerprint density at radius 2 is 1.94 bits per heavy atom. The number of ether oxygens (including phenoxy) is 1. The van der Waals surface area contributed by atoms with Crippen molar-refractivity contribution in [3.8, 4) is 0 Å². The van der Waals surface area contributed by atoms with Crippen molar-refractivity contribution in [1.82, 2.24) is 15.3 Å². The van der Waals surface area contributed by atoms with Gasteiger partial charge >= 0.3 is 0 Å². The quantitative estimate of drug-likeness (QED) is 0.544. The van der Waals surface area contributed by atoms with E-state index in [9.17, 15) is 14.0 Å². The van der Waals surface area contributed by atoms with Gasteiger partial charge in [0.25, 0.3) is 12.4 Å². The van der Waals surface area contributed by atoms with Crippen molar-refractivity contribution in [2.24, 2.45) is 0 Å². The number of amides is 1. The molecule has 34 heavy (non-hydrogen) atoms. The lowest BCUT2D eigenvalue weighted by Crippen LogP contribution is -2.29. The number of anilines is 1. The first kappa shape index (κ1) is 24.8. The molecule has 1 aromatic carbocycles. The summed E-state index contributed by atoms with van der Waals surface area (Å²) in [5.74, 6) is -0.579. The van der Waals surface area contributed by atoms with Crippen molar-refractivity contribution in [3.05, 3.63) is 89.3 Å². The van der Waals surface area contributed by atoms with Crippen molar-refractivity contribution < 1.29 is 18.7 Å². The number of hydrogen-bond donors (Lipinski definition) is 1. The van der Waals surface area contributed by atoms with E-state index in [1.54, 1.807) is 25.4 Å². The minimum absolute atomic E-state index is 0.204. The molecule has 1 amide bonds. The second-order valence-corrected chi connectivity index (χ2v) is 8.09. The zero-order valence-electron chi connectivity index (χ0n) is 19.6. The van der Waals surface area contributed by atoms with Crippen LogP contribution in [0.2, 0.25) is 0 Å². The van der Waals surface area contributed by atoms with Gasteiger partial charge in [0.15, 0.2) is 0 Å². The van der Waals surface area contributed by atoms with Crippen LogP contribution in [0, 0.1) is 5.82 Å². The highest BCUT2D eigenvalue weighted by molar-refractivity contribution is 5.94. The van der Waals surface area contributed by atoms with Crippen LogP contribution in [0.3, 0.4) is 0 Å². The van der Waals surface area contributed by atoms with Gasteiger partial charge in [0, 0.05) is 37.1 Å². The fourth-order valence-corrected chi connectivity index (χ4v) is 3.62. The summed E-state index contributed by atoms with van der Waals surface area (Å²) in [6.07, 6.45) is 5.20. The highest BCUT2D eigenvalue weighted by Crippen LogP contribution is 2.26. The van der Waals surface area contributed by atoms with Gasteiger partial charge in [0.1, 0.15) is 11.9 Å². The van der Waals surface area contributed by atoms with Gasteiger partial charge in [0.05, 0.1) is 23.1 Å². The van der Waals surface area contributed by atoms with Crippen LogP contribution in [0.1, 0.15) is 59.7 Å². The van der Waals surface area contributed by atoms with Gasteiger partial charge in [-0.15, -0.1) is 0 Å². The Hall–Kier alpha value is -3.81. The molecule has 0 spiro atoms. The van der Waals surface area contributed by atoms with E-state index < -0.39 is 0 Å². The average Bonchev–Trinajstić information content (AvgIpc) is 2.85. The third-order valence-electron chi connectivity index (χ3n) is 5.60. The number of aryl methyl sites for hydroxylation is 1. The topological polar surface area (TPSA) is 84.4 Å². The number of pyridine rings is 2. The molecule has 0 bridgehead atoms. The van der Waals surface area contributed by atoms with Gasteiger partial charge in [-0.1, -0.05) is 6.07 Å². The second kappa shape index (κ2) is 11.9. The number of aromatic nitrogens is 2. The number of benzene rings is 1. The van der Waals surface area contributed by atoms with Crippen molar-refractivity contribution in [2.75, 3.05) is 18.5 Å². The zero-order valence-corrected chi connectivity index (χ0v) is 19.6. The molecule has 4 rings (SSSR count). The molecule has 0 radical (unpaired) electrons. The lowest BCUT2D eigenvalue weighted by atomic mass is 10.1. The third-order valence-corrected chi connectivity index (χ3v) is 5.60. The first-order chi connectivity index (χ1) is 16.4. The third kappa shape index (κ3) is 6.60. The summed E-state index contributed by atoms with van der Waals surface area (Å²) in [6, 6.07) is 13.0. The number of carbonyl (C=O) groups is 2. The molecule has 1 aliphatic rings. The molecule has 0 saturated carbocycles. The molecule has 7 nitrogen and oxygen atoms in total. The molecule has 0 aliphatic carbocycles. The molecule has 0 fully saturated rings. The lowest BCUT2D eigenvalue weighted by Gasteiger charge is -2.27. The maximum atomic E-state index is 12.9. The van der Waals surface area contributed by atoms with E-state index in [2.05, 4.69) is 28.3 Å². The molecule has 178 valence electrons. The second-order valence-electron chi connectivity index (χ2n) is 8.09. The van der Waals surface area contributed by atoms with E-state index in [1.807, 2.05) is 19.1 Å². The predicted octanol–water partition coefficient (Wildman–Crippen LogP) is 4.41. The van der Waals surface area contributed by atoms with Gasteiger partial charge in [-0.25, -0.2) is 4.39 Å². The molecule has 2 unspecified atom stereocenters.